The molecule has 0 radical (unpaired) electrons. The van der Waals surface area contributed by atoms with Gasteiger partial charge in [-0.15, -0.1) is 0 Å². The number of fused-ring (bicyclic) bond motifs is 3. The highest BCUT2D eigenvalue weighted by molar-refractivity contribution is 5.97. The molecule has 6 heteroatoms. The van der Waals surface area contributed by atoms with Crippen LogP contribution in [0.3, 0.4) is 0 Å². The number of carbonyl (C=O) groups excluding carboxylic acids is 1. The molecule has 3 rings (SSSR count). The quantitative estimate of drug-likeness (QED) is 0.795. The SMILES string of the molecule is COC1c2c(C(C)=O)cc3c(c2OC(C)(C)C1O)CC(O)C(C)(C)O3. The smallest absolute Gasteiger partial charge is 0.160 e. The first-order valence-electron chi connectivity index (χ1n) is 8.47. The Morgan fingerprint density at radius 2 is 1.84 bits per heavy atom. The summed E-state index contributed by atoms with van der Waals surface area (Å²) in [6.45, 7) is 8.61. The number of aliphatic hydroxyl groups excluding tert-OH is 2. The van der Waals surface area contributed by atoms with Crippen molar-refractivity contribution in [1.82, 2.24) is 0 Å². The van der Waals surface area contributed by atoms with E-state index < -0.39 is 29.5 Å². The lowest BCUT2D eigenvalue weighted by atomic mass is 9.81. The van der Waals surface area contributed by atoms with Gasteiger partial charge in [-0.05, 0) is 40.7 Å². The molecule has 138 valence electrons. The molecule has 6 nitrogen and oxygen atoms in total. The highest BCUT2D eigenvalue weighted by Gasteiger charge is 2.48. The van der Waals surface area contributed by atoms with Gasteiger partial charge in [0.25, 0.3) is 0 Å². The Kier molecular flexibility index (Phi) is 4.14. The fraction of sp³-hybridized carbons (Fsp3) is 0.632. The van der Waals surface area contributed by atoms with E-state index in [-0.39, 0.29) is 5.78 Å². The van der Waals surface area contributed by atoms with Crippen LogP contribution in [-0.4, -0.2) is 46.5 Å². The van der Waals surface area contributed by atoms with Gasteiger partial charge in [-0.3, -0.25) is 4.79 Å². The topological polar surface area (TPSA) is 85.2 Å². The van der Waals surface area contributed by atoms with Crippen molar-refractivity contribution in [2.24, 2.45) is 0 Å². The maximum atomic E-state index is 12.3. The Hall–Kier alpha value is -1.63. The van der Waals surface area contributed by atoms with E-state index in [4.69, 9.17) is 14.2 Å². The summed E-state index contributed by atoms with van der Waals surface area (Å²) in [6, 6.07) is 1.67. The number of rotatable bonds is 2. The van der Waals surface area contributed by atoms with Gasteiger partial charge in [0, 0.05) is 30.2 Å². The highest BCUT2D eigenvalue weighted by atomic mass is 16.5. The lowest BCUT2D eigenvalue weighted by Gasteiger charge is -2.45. The second-order valence-corrected chi connectivity index (χ2v) is 7.93. The maximum absolute atomic E-state index is 12.3. The summed E-state index contributed by atoms with van der Waals surface area (Å²) in [5, 5.41) is 21.1. The molecule has 0 saturated carbocycles. The second kappa shape index (κ2) is 5.69. The number of hydrogen-bond donors (Lipinski definition) is 2. The molecule has 0 saturated heterocycles. The molecule has 0 amide bonds. The molecule has 0 spiro atoms. The van der Waals surface area contributed by atoms with Crippen LogP contribution in [0.15, 0.2) is 6.07 Å². The van der Waals surface area contributed by atoms with E-state index in [1.165, 1.54) is 14.0 Å². The first-order valence-corrected chi connectivity index (χ1v) is 8.47. The Morgan fingerprint density at radius 1 is 1.20 bits per heavy atom. The lowest BCUT2D eigenvalue weighted by molar-refractivity contribution is -0.125. The van der Waals surface area contributed by atoms with Crippen LogP contribution < -0.4 is 9.47 Å². The lowest BCUT2D eigenvalue weighted by Crippen LogP contribution is -2.51. The summed E-state index contributed by atoms with van der Waals surface area (Å²) in [5.74, 6) is 0.838. The zero-order valence-electron chi connectivity index (χ0n) is 15.5. The average Bonchev–Trinajstić information content (AvgIpc) is 2.49. The first kappa shape index (κ1) is 18.2. The van der Waals surface area contributed by atoms with Gasteiger partial charge in [0.05, 0.1) is 6.10 Å². The second-order valence-electron chi connectivity index (χ2n) is 7.93. The van der Waals surface area contributed by atoms with Crippen molar-refractivity contribution >= 4 is 5.78 Å². The minimum absolute atomic E-state index is 0.163. The van der Waals surface area contributed by atoms with E-state index in [1.807, 2.05) is 0 Å². The number of Topliss-reactive ketones (excluding diaryl/α,β-unsaturated/α-hetero) is 1. The predicted molar refractivity (Wildman–Crippen MR) is 91.3 cm³/mol. The van der Waals surface area contributed by atoms with E-state index in [0.717, 1.165) is 0 Å². The fourth-order valence-corrected chi connectivity index (χ4v) is 3.55. The molecule has 0 aromatic heterocycles. The molecular weight excluding hydrogens is 324 g/mol. The van der Waals surface area contributed by atoms with Crippen LogP contribution in [-0.2, 0) is 11.2 Å². The third-order valence-electron chi connectivity index (χ3n) is 5.24. The maximum Gasteiger partial charge on any atom is 0.160 e. The van der Waals surface area contributed by atoms with E-state index in [0.29, 0.717) is 34.6 Å². The summed E-state index contributed by atoms with van der Waals surface area (Å²) >= 11 is 0. The molecule has 2 aliphatic heterocycles. The molecule has 1 aromatic carbocycles. The molecule has 25 heavy (non-hydrogen) atoms. The summed E-state index contributed by atoms with van der Waals surface area (Å²) in [5.41, 5.74) is -0.0405. The van der Waals surface area contributed by atoms with E-state index >= 15 is 0 Å². The van der Waals surface area contributed by atoms with Crippen molar-refractivity contribution in [1.29, 1.82) is 0 Å². The van der Waals surface area contributed by atoms with Crippen molar-refractivity contribution < 1.29 is 29.2 Å². The molecule has 1 aromatic rings. The minimum atomic E-state index is -0.938. The first-order chi connectivity index (χ1) is 11.5. The van der Waals surface area contributed by atoms with Gasteiger partial charge in [0.1, 0.15) is 34.9 Å². The van der Waals surface area contributed by atoms with Gasteiger partial charge >= 0.3 is 0 Å². The number of carbonyl (C=O) groups is 1. The molecule has 2 N–H and O–H groups in total. The summed E-state index contributed by atoms with van der Waals surface area (Å²) in [7, 11) is 1.50. The largest absolute Gasteiger partial charge is 0.485 e. The number of hydrogen-bond acceptors (Lipinski definition) is 6. The molecule has 0 fully saturated rings. The summed E-state index contributed by atoms with van der Waals surface area (Å²) < 4.78 is 17.6. The molecule has 3 unspecified atom stereocenters. The zero-order chi connectivity index (χ0) is 18.7. The van der Waals surface area contributed by atoms with Crippen LogP contribution in [0.4, 0.5) is 0 Å². The van der Waals surface area contributed by atoms with Gasteiger partial charge in [-0.25, -0.2) is 0 Å². The van der Waals surface area contributed by atoms with Gasteiger partial charge in [0.2, 0.25) is 0 Å². The molecule has 0 bridgehead atoms. The molecular formula is C19H26O6. The van der Waals surface area contributed by atoms with Crippen molar-refractivity contribution in [3.63, 3.8) is 0 Å². The molecule has 0 aliphatic carbocycles. The van der Waals surface area contributed by atoms with E-state index in [1.54, 1.807) is 33.8 Å². The summed E-state index contributed by atoms with van der Waals surface area (Å²) in [4.78, 5) is 12.3. The molecule has 3 atom stereocenters. The van der Waals surface area contributed by atoms with Crippen molar-refractivity contribution in [3.05, 3.63) is 22.8 Å². The van der Waals surface area contributed by atoms with Gasteiger partial charge in [-0.2, -0.15) is 0 Å². The Labute approximate surface area is 147 Å². The Morgan fingerprint density at radius 3 is 2.40 bits per heavy atom. The van der Waals surface area contributed by atoms with Gasteiger partial charge in [0.15, 0.2) is 5.78 Å². The number of methoxy groups -OCH3 is 1. The Bertz CT molecular complexity index is 721. The van der Waals surface area contributed by atoms with Crippen LogP contribution in [0, 0.1) is 0 Å². The van der Waals surface area contributed by atoms with Crippen molar-refractivity contribution in [3.8, 4) is 11.5 Å². The van der Waals surface area contributed by atoms with E-state index in [2.05, 4.69) is 0 Å². The number of ether oxygens (including phenoxy) is 3. The highest BCUT2D eigenvalue weighted by Crippen LogP contribution is 2.50. The van der Waals surface area contributed by atoms with Crippen LogP contribution in [0.25, 0.3) is 0 Å². The van der Waals surface area contributed by atoms with Crippen molar-refractivity contribution in [2.75, 3.05) is 7.11 Å². The average molecular weight is 350 g/mol. The van der Waals surface area contributed by atoms with Crippen LogP contribution in [0.2, 0.25) is 0 Å². The normalized spacial score (nSPS) is 29.0. The molecule has 2 aliphatic rings. The predicted octanol–water partition coefficient (Wildman–Crippen LogP) is 2.18. The number of ketones is 1. The van der Waals surface area contributed by atoms with Crippen LogP contribution >= 0.6 is 0 Å². The van der Waals surface area contributed by atoms with Crippen LogP contribution in [0.5, 0.6) is 11.5 Å². The fourth-order valence-electron chi connectivity index (χ4n) is 3.55. The standard InChI is InChI=1S/C19H26O6/c1-9(20)10-7-12-11(8-13(21)18(2,3)24-12)15-14(10)16(23-6)17(22)19(4,5)25-15/h7,13,16-17,21-22H,8H2,1-6H3. The third kappa shape index (κ3) is 2.72. The van der Waals surface area contributed by atoms with Crippen LogP contribution in [0.1, 0.15) is 62.2 Å². The van der Waals surface area contributed by atoms with Crippen molar-refractivity contribution in [2.45, 2.75) is 70.6 Å². The van der Waals surface area contributed by atoms with Gasteiger partial charge < -0.3 is 24.4 Å². The molecule has 2 heterocycles. The zero-order valence-corrected chi connectivity index (χ0v) is 15.5. The minimum Gasteiger partial charge on any atom is -0.485 e. The monoisotopic (exact) mass is 350 g/mol. The Balaban J connectivity index is 2.29. The number of benzene rings is 1. The van der Waals surface area contributed by atoms with E-state index in [9.17, 15) is 15.0 Å². The van der Waals surface area contributed by atoms with Gasteiger partial charge in [-0.1, -0.05) is 0 Å². The number of aliphatic hydroxyl groups is 2. The third-order valence-corrected chi connectivity index (χ3v) is 5.24. The summed E-state index contributed by atoms with van der Waals surface area (Å²) in [6.07, 6.45) is -2.01.